The molecular formula is C14H19N3O2S. The van der Waals surface area contributed by atoms with E-state index in [1.807, 2.05) is 18.2 Å². The van der Waals surface area contributed by atoms with Gasteiger partial charge in [0, 0.05) is 17.1 Å². The molecule has 0 bridgehead atoms. The van der Waals surface area contributed by atoms with Crippen LogP contribution in [0.15, 0.2) is 24.4 Å². The summed E-state index contributed by atoms with van der Waals surface area (Å²) in [6, 6.07) is 5.67. The van der Waals surface area contributed by atoms with Crippen LogP contribution in [0.1, 0.15) is 24.3 Å². The van der Waals surface area contributed by atoms with E-state index in [0.29, 0.717) is 11.6 Å². The molecule has 6 heteroatoms. The minimum Gasteiger partial charge on any atom is -0.361 e. The zero-order valence-electron chi connectivity index (χ0n) is 11.4. The van der Waals surface area contributed by atoms with Crippen molar-refractivity contribution in [2.45, 2.75) is 18.8 Å². The smallest absolute Gasteiger partial charge is 0.229 e. The van der Waals surface area contributed by atoms with Crippen molar-refractivity contribution in [2.24, 2.45) is 0 Å². The highest BCUT2D eigenvalue weighted by Crippen LogP contribution is 2.32. The Morgan fingerprint density at radius 1 is 1.25 bits per heavy atom. The lowest BCUT2D eigenvalue weighted by molar-refractivity contribution is 0.462. The van der Waals surface area contributed by atoms with Crippen LogP contribution < -0.4 is 10.0 Å². The lowest BCUT2D eigenvalue weighted by Crippen LogP contribution is -2.26. The number of nitrogens with one attached hydrogen (secondary N) is 3. The van der Waals surface area contributed by atoms with Gasteiger partial charge in [0.2, 0.25) is 10.0 Å². The molecule has 5 nitrogen and oxygen atoms in total. The van der Waals surface area contributed by atoms with Gasteiger partial charge in [-0.05, 0) is 49.5 Å². The summed E-state index contributed by atoms with van der Waals surface area (Å²) >= 11 is 0. The summed E-state index contributed by atoms with van der Waals surface area (Å²) < 4.78 is 25.0. The van der Waals surface area contributed by atoms with Crippen LogP contribution in [0.5, 0.6) is 0 Å². The van der Waals surface area contributed by atoms with Gasteiger partial charge in [-0.2, -0.15) is 0 Å². The second kappa shape index (κ2) is 5.10. The van der Waals surface area contributed by atoms with E-state index in [-0.39, 0.29) is 0 Å². The van der Waals surface area contributed by atoms with Crippen molar-refractivity contribution in [3.05, 3.63) is 30.0 Å². The van der Waals surface area contributed by atoms with Crippen molar-refractivity contribution in [3.63, 3.8) is 0 Å². The minimum absolute atomic E-state index is 0.582. The number of piperidine rings is 1. The van der Waals surface area contributed by atoms with Gasteiger partial charge < -0.3 is 10.3 Å². The molecule has 3 rings (SSSR count). The number of anilines is 1. The second-order valence-electron chi connectivity index (χ2n) is 5.40. The Hall–Kier alpha value is -1.53. The van der Waals surface area contributed by atoms with Gasteiger partial charge in [-0.15, -0.1) is 0 Å². The van der Waals surface area contributed by atoms with Crippen LogP contribution in [0.3, 0.4) is 0 Å². The van der Waals surface area contributed by atoms with Crippen LogP contribution in [0.25, 0.3) is 10.9 Å². The maximum absolute atomic E-state index is 11.3. The fourth-order valence-electron chi connectivity index (χ4n) is 2.90. The fourth-order valence-corrected chi connectivity index (χ4v) is 3.45. The monoisotopic (exact) mass is 293 g/mol. The summed E-state index contributed by atoms with van der Waals surface area (Å²) in [6.45, 7) is 2.12. The highest BCUT2D eigenvalue weighted by atomic mass is 32.2. The number of hydrogen-bond acceptors (Lipinski definition) is 3. The average Bonchev–Trinajstić information content (AvgIpc) is 2.81. The van der Waals surface area contributed by atoms with Crippen molar-refractivity contribution in [2.75, 3.05) is 24.1 Å². The Balaban J connectivity index is 1.93. The van der Waals surface area contributed by atoms with E-state index in [4.69, 9.17) is 0 Å². The van der Waals surface area contributed by atoms with Gasteiger partial charge in [-0.1, -0.05) is 6.07 Å². The summed E-state index contributed by atoms with van der Waals surface area (Å²) in [4.78, 5) is 3.26. The zero-order chi connectivity index (χ0) is 14.2. The van der Waals surface area contributed by atoms with Crippen LogP contribution in [0.4, 0.5) is 5.69 Å². The predicted molar refractivity (Wildman–Crippen MR) is 81.6 cm³/mol. The van der Waals surface area contributed by atoms with Crippen molar-refractivity contribution in [1.29, 1.82) is 0 Å². The molecule has 2 heterocycles. The summed E-state index contributed by atoms with van der Waals surface area (Å²) in [5.74, 6) is 0.582. The number of hydrogen-bond donors (Lipinski definition) is 3. The molecule has 20 heavy (non-hydrogen) atoms. The highest BCUT2D eigenvalue weighted by Gasteiger charge is 2.18. The van der Waals surface area contributed by atoms with Crippen LogP contribution in [0.2, 0.25) is 0 Å². The number of aromatic amines is 1. The maximum atomic E-state index is 11.3. The van der Waals surface area contributed by atoms with Gasteiger partial charge in [-0.3, -0.25) is 4.72 Å². The SMILES string of the molecule is CS(=O)(=O)Nc1ccc2c(C3CCNCC3)c[nH]c2c1. The van der Waals surface area contributed by atoms with E-state index in [9.17, 15) is 8.42 Å². The molecule has 0 unspecified atom stereocenters. The molecule has 2 aromatic rings. The fraction of sp³-hybridized carbons (Fsp3) is 0.429. The number of H-pyrrole nitrogens is 1. The largest absolute Gasteiger partial charge is 0.361 e. The molecule has 0 saturated carbocycles. The third-order valence-electron chi connectivity index (χ3n) is 3.80. The molecule has 1 fully saturated rings. The Labute approximate surface area is 118 Å². The molecular weight excluding hydrogens is 274 g/mol. The Morgan fingerprint density at radius 2 is 2.00 bits per heavy atom. The number of benzene rings is 1. The Bertz CT molecular complexity index is 715. The second-order valence-corrected chi connectivity index (χ2v) is 7.15. The molecule has 0 amide bonds. The molecule has 1 aromatic carbocycles. The first-order valence-electron chi connectivity index (χ1n) is 6.82. The summed E-state index contributed by atoms with van der Waals surface area (Å²) in [5.41, 5.74) is 2.92. The molecule has 108 valence electrons. The molecule has 0 spiro atoms. The molecule has 1 aromatic heterocycles. The minimum atomic E-state index is -3.23. The molecule has 0 aliphatic carbocycles. The quantitative estimate of drug-likeness (QED) is 0.810. The predicted octanol–water partition coefficient (Wildman–Crippen LogP) is 2.01. The molecule has 0 radical (unpaired) electrons. The third kappa shape index (κ3) is 2.81. The summed E-state index contributed by atoms with van der Waals surface area (Å²) in [6.07, 6.45) is 5.52. The van der Waals surface area contributed by atoms with E-state index < -0.39 is 10.0 Å². The van der Waals surface area contributed by atoms with Crippen molar-refractivity contribution in [1.82, 2.24) is 10.3 Å². The van der Waals surface area contributed by atoms with E-state index >= 15 is 0 Å². The molecule has 1 aliphatic rings. The van der Waals surface area contributed by atoms with E-state index in [1.165, 1.54) is 10.9 Å². The maximum Gasteiger partial charge on any atom is 0.229 e. The van der Waals surface area contributed by atoms with Crippen LogP contribution >= 0.6 is 0 Å². The first-order chi connectivity index (χ1) is 9.53. The summed E-state index contributed by atoms with van der Waals surface area (Å²) in [7, 11) is -3.23. The molecule has 1 aliphatic heterocycles. The molecule has 3 N–H and O–H groups in total. The van der Waals surface area contributed by atoms with Crippen LogP contribution in [-0.4, -0.2) is 32.7 Å². The van der Waals surface area contributed by atoms with E-state index in [1.54, 1.807) is 0 Å². The normalized spacial score (nSPS) is 17.4. The first-order valence-corrected chi connectivity index (χ1v) is 8.71. The number of fused-ring (bicyclic) bond motifs is 1. The number of aromatic nitrogens is 1. The van der Waals surface area contributed by atoms with Crippen molar-refractivity contribution in [3.8, 4) is 0 Å². The summed E-state index contributed by atoms with van der Waals surface area (Å²) in [5, 5.41) is 4.56. The topological polar surface area (TPSA) is 74.0 Å². The Morgan fingerprint density at radius 3 is 2.70 bits per heavy atom. The number of sulfonamides is 1. The molecule has 1 saturated heterocycles. The van der Waals surface area contributed by atoms with Crippen molar-refractivity contribution >= 4 is 26.6 Å². The third-order valence-corrected chi connectivity index (χ3v) is 4.40. The van der Waals surface area contributed by atoms with Gasteiger partial charge in [0.05, 0.1) is 11.9 Å². The van der Waals surface area contributed by atoms with Crippen molar-refractivity contribution < 1.29 is 8.42 Å². The highest BCUT2D eigenvalue weighted by molar-refractivity contribution is 7.92. The Kier molecular flexibility index (Phi) is 3.43. The zero-order valence-corrected chi connectivity index (χ0v) is 12.3. The van der Waals surface area contributed by atoms with Gasteiger partial charge in [0.1, 0.15) is 0 Å². The van der Waals surface area contributed by atoms with Gasteiger partial charge in [-0.25, -0.2) is 8.42 Å². The lowest BCUT2D eigenvalue weighted by atomic mass is 9.90. The average molecular weight is 293 g/mol. The standard InChI is InChI=1S/C14H19N3O2S/c1-20(18,19)17-11-2-3-12-13(9-16-14(12)8-11)10-4-6-15-7-5-10/h2-3,8-10,15-17H,4-7H2,1H3. The van der Waals surface area contributed by atoms with Crippen LogP contribution in [0, 0.1) is 0 Å². The number of rotatable bonds is 3. The first kappa shape index (κ1) is 13.5. The van der Waals surface area contributed by atoms with E-state index in [2.05, 4.69) is 21.2 Å². The van der Waals surface area contributed by atoms with Crippen LogP contribution in [-0.2, 0) is 10.0 Å². The van der Waals surface area contributed by atoms with Gasteiger partial charge in [0.15, 0.2) is 0 Å². The van der Waals surface area contributed by atoms with E-state index in [0.717, 1.165) is 37.7 Å². The molecule has 0 atom stereocenters. The van der Waals surface area contributed by atoms with Gasteiger partial charge in [0.25, 0.3) is 0 Å². The van der Waals surface area contributed by atoms with Gasteiger partial charge >= 0.3 is 0 Å². The lowest BCUT2D eigenvalue weighted by Gasteiger charge is -2.22.